The van der Waals surface area contributed by atoms with Crippen molar-refractivity contribution >= 4 is 41.0 Å². The highest BCUT2D eigenvalue weighted by Gasteiger charge is 2.29. The number of nitrogens with zero attached hydrogens (tertiary/aromatic N) is 2. The summed E-state index contributed by atoms with van der Waals surface area (Å²) in [5.74, 6) is -0.990. The first-order chi connectivity index (χ1) is 12.5. The number of carboxylic acids is 1. The van der Waals surface area contributed by atoms with Crippen LogP contribution in [0.2, 0.25) is 5.02 Å². The van der Waals surface area contributed by atoms with E-state index in [0.29, 0.717) is 33.3 Å². The standard InChI is InChI=1S/C19H15ClN2O4/c1-12-16(9-13-5-2-3-8-17(13)26-11-18(23)24)19(25)22(21-12)15-7-4-6-14(20)10-15/h2-10H,11H2,1H3,(H,23,24)/b16-9+. The Morgan fingerprint density at radius 1 is 1.27 bits per heavy atom. The molecule has 0 bridgehead atoms. The van der Waals surface area contributed by atoms with Crippen molar-refractivity contribution in [3.8, 4) is 5.75 Å². The van der Waals surface area contributed by atoms with Crippen molar-refractivity contribution in [2.24, 2.45) is 5.10 Å². The molecule has 26 heavy (non-hydrogen) atoms. The quantitative estimate of drug-likeness (QED) is 0.815. The molecule has 0 spiro atoms. The second-order valence-corrected chi connectivity index (χ2v) is 6.00. The van der Waals surface area contributed by atoms with Crippen molar-refractivity contribution in [1.29, 1.82) is 0 Å². The summed E-state index contributed by atoms with van der Waals surface area (Å²) in [5, 5.41) is 14.9. The fraction of sp³-hybridized carbons (Fsp3) is 0.105. The molecule has 0 aromatic heterocycles. The minimum Gasteiger partial charge on any atom is -0.481 e. The first-order valence-electron chi connectivity index (χ1n) is 7.76. The van der Waals surface area contributed by atoms with Crippen LogP contribution in [0.4, 0.5) is 5.69 Å². The predicted octanol–water partition coefficient (Wildman–Crippen LogP) is 3.61. The van der Waals surface area contributed by atoms with Crippen molar-refractivity contribution in [1.82, 2.24) is 0 Å². The van der Waals surface area contributed by atoms with Gasteiger partial charge in [0.25, 0.3) is 5.91 Å². The molecule has 1 heterocycles. The van der Waals surface area contributed by atoms with Crippen molar-refractivity contribution in [3.05, 3.63) is 64.7 Å². The number of anilines is 1. The van der Waals surface area contributed by atoms with E-state index in [1.54, 1.807) is 61.5 Å². The van der Waals surface area contributed by atoms with E-state index in [-0.39, 0.29) is 5.91 Å². The minimum atomic E-state index is -1.07. The molecule has 2 aromatic carbocycles. The Balaban J connectivity index is 1.92. The Kier molecular flexibility index (Phi) is 5.04. The third kappa shape index (κ3) is 3.75. The van der Waals surface area contributed by atoms with Crippen LogP contribution in [0.5, 0.6) is 5.75 Å². The average molecular weight is 371 g/mol. The molecule has 0 radical (unpaired) electrons. The number of hydrogen-bond donors (Lipinski definition) is 1. The molecule has 0 unspecified atom stereocenters. The largest absolute Gasteiger partial charge is 0.481 e. The van der Waals surface area contributed by atoms with Crippen LogP contribution in [-0.4, -0.2) is 29.3 Å². The highest BCUT2D eigenvalue weighted by atomic mass is 35.5. The summed E-state index contributed by atoms with van der Waals surface area (Å²) in [4.78, 5) is 23.5. The number of hydrazone groups is 1. The Morgan fingerprint density at radius 3 is 2.77 bits per heavy atom. The van der Waals surface area contributed by atoms with Gasteiger partial charge >= 0.3 is 5.97 Å². The molecule has 132 valence electrons. The van der Waals surface area contributed by atoms with E-state index < -0.39 is 12.6 Å². The zero-order chi connectivity index (χ0) is 18.7. The fourth-order valence-electron chi connectivity index (χ4n) is 2.49. The van der Waals surface area contributed by atoms with Crippen LogP contribution in [0.1, 0.15) is 12.5 Å². The number of benzene rings is 2. The fourth-order valence-corrected chi connectivity index (χ4v) is 2.68. The molecule has 2 aromatic rings. The van der Waals surface area contributed by atoms with Gasteiger partial charge in [-0.05, 0) is 37.3 Å². The number of halogens is 1. The number of amides is 1. The molecule has 7 heteroatoms. The van der Waals surface area contributed by atoms with Gasteiger partial charge in [0, 0.05) is 10.6 Å². The number of carbonyl (C=O) groups is 2. The number of carboxylic acid groups (broad SMARTS) is 1. The lowest BCUT2D eigenvalue weighted by Crippen LogP contribution is -2.21. The smallest absolute Gasteiger partial charge is 0.341 e. The van der Waals surface area contributed by atoms with Crippen LogP contribution >= 0.6 is 11.6 Å². The molecule has 1 amide bonds. The number of ether oxygens (including phenoxy) is 1. The monoisotopic (exact) mass is 370 g/mol. The third-order valence-corrected chi connectivity index (χ3v) is 3.92. The Bertz CT molecular complexity index is 937. The summed E-state index contributed by atoms with van der Waals surface area (Å²) >= 11 is 5.99. The Hall–Kier alpha value is -3.12. The molecular formula is C19H15ClN2O4. The maximum Gasteiger partial charge on any atom is 0.341 e. The summed E-state index contributed by atoms with van der Waals surface area (Å²) in [6.45, 7) is 1.27. The number of aliphatic carboxylic acids is 1. The number of rotatable bonds is 5. The van der Waals surface area contributed by atoms with Crippen molar-refractivity contribution in [3.63, 3.8) is 0 Å². The van der Waals surface area contributed by atoms with Crippen LogP contribution in [-0.2, 0) is 9.59 Å². The summed E-state index contributed by atoms with van der Waals surface area (Å²) < 4.78 is 5.28. The molecule has 6 nitrogen and oxygen atoms in total. The van der Waals surface area contributed by atoms with Crippen LogP contribution in [0.3, 0.4) is 0 Å². The molecule has 0 aliphatic carbocycles. The summed E-state index contributed by atoms with van der Waals surface area (Å²) in [7, 11) is 0. The Labute approximate surface area is 155 Å². The Morgan fingerprint density at radius 2 is 2.04 bits per heavy atom. The second-order valence-electron chi connectivity index (χ2n) is 5.56. The van der Waals surface area contributed by atoms with E-state index in [0.717, 1.165) is 0 Å². The van der Waals surface area contributed by atoms with Gasteiger partial charge in [-0.25, -0.2) is 4.79 Å². The zero-order valence-corrected chi connectivity index (χ0v) is 14.6. The SMILES string of the molecule is CC1=NN(c2cccc(Cl)c2)C(=O)/C1=C/c1ccccc1OCC(=O)O. The van der Waals surface area contributed by atoms with Gasteiger partial charge in [-0.15, -0.1) is 0 Å². The molecule has 1 aliphatic rings. The molecule has 3 rings (SSSR count). The first-order valence-corrected chi connectivity index (χ1v) is 8.14. The van der Waals surface area contributed by atoms with E-state index in [4.69, 9.17) is 21.4 Å². The van der Waals surface area contributed by atoms with Crippen molar-refractivity contribution < 1.29 is 19.4 Å². The van der Waals surface area contributed by atoms with Gasteiger partial charge in [-0.2, -0.15) is 10.1 Å². The summed E-state index contributed by atoms with van der Waals surface area (Å²) in [5.41, 5.74) is 2.11. The molecule has 1 N–H and O–H groups in total. The number of carbonyl (C=O) groups excluding carboxylic acids is 1. The lowest BCUT2D eigenvalue weighted by atomic mass is 10.1. The minimum absolute atomic E-state index is 0.294. The van der Waals surface area contributed by atoms with Gasteiger partial charge in [0.1, 0.15) is 5.75 Å². The van der Waals surface area contributed by atoms with Crippen LogP contribution in [0, 0.1) is 0 Å². The van der Waals surface area contributed by atoms with E-state index in [1.807, 2.05) is 0 Å². The van der Waals surface area contributed by atoms with E-state index >= 15 is 0 Å². The first kappa shape index (κ1) is 17.7. The van der Waals surface area contributed by atoms with E-state index in [2.05, 4.69) is 5.10 Å². The number of hydrogen-bond acceptors (Lipinski definition) is 4. The van der Waals surface area contributed by atoms with Gasteiger partial charge in [0.15, 0.2) is 6.61 Å². The highest BCUT2D eigenvalue weighted by molar-refractivity contribution is 6.33. The third-order valence-electron chi connectivity index (χ3n) is 3.69. The second kappa shape index (κ2) is 7.41. The molecule has 1 aliphatic heterocycles. The maximum absolute atomic E-state index is 12.8. The normalized spacial score (nSPS) is 15.3. The topological polar surface area (TPSA) is 79.2 Å². The molecule has 0 atom stereocenters. The highest BCUT2D eigenvalue weighted by Crippen LogP contribution is 2.28. The maximum atomic E-state index is 12.8. The predicted molar refractivity (Wildman–Crippen MR) is 99.6 cm³/mol. The summed E-state index contributed by atoms with van der Waals surface area (Å²) in [6.07, 6.45) is 1.64. The van der Waals surface area contributed by atoms with Crippen molar-refractivity contribution in [2.45, 2.75) is 6.92 Å². The molecular weight excluding hydrogens is 356 g/mol. The molecule has 0 fully saturated rings. The van der Waals surface area contributed by atoms with E-state index in [1.165, 1.54) is 5.01 Å². The van der Waals surface area contributed by atoms with Crippen LogP contribution < -0.4 is 9.75 Å². The van der Waals surface area contributed by atoms with Crippen LogP contribution in [0.25, 0.3) is 6.08 Å². The van der Waals surface area contributed by atoms with Gasteiger partial charge < -0.3 is 9.84 Å². The lowest BCUT2D eigenvalue weighted by Gasteiger charge is -2.12. The van der Waals surface area contributed by atoms with Gasteiger partial charge in [0.05, 0.1) is 17.0 Å². The average Bonchev–Trinajstić information content (AvgIpc) is 2.89. The lowest BCUT2D eigenvalue weighted by molar-refractivity contribution is -0.139. The summed E-state index contributed by atoms with van der Waals surface area (Å²) in [6, 6.07) is 13.8. The van der Waals surface area contributed by atoms with Gasteiger partial charge in [0.2, 0.25) is 0 Å². The van der Waals surface area contributed by atoms with Crippen LogP contribution in [0.15, 0.2) is 59.2 Å². The van der Waals surface area contributed by atoms with E-state index in [9.17, 15) is 9.59 Å². The van der Waals surface area contributed by atoms with Gasteiger partial charge in [-0.3, -0.25) is 4.79 Å². The molecule has 0 saturated carbocycles. The van der Waals surface area contributed by atoms with Gasteiger partial charge in [-0.1, -0.05) is 35.9 Å². The molecule has 0 saturated heterocycles. The van der Waals surface area contributed by atoms with Crippen molar-refractivity contribution in [2.75, 3.05) is 11.6 Å². The number of para-hydroxylation sites is 1. The zero-order valence-electron chi connectivity index (χ0n) is 13.8.